The molecule has 0 aliphatic heterocycles. The van der Waals surface area contributed by atoms with E-state index in [1.54, 1.807) is 36.4 Å². The van der Waals surface area contributed by atoms with E-state index in [2.05, 4.69) is 36.1 Å². The number of nitrogens with zero attached hydrogens (tertiary/aromatic N) is 4. The van der Waals surface area contributed by atoms with Crippen molar-refractivity contribution in [1.82, 2.24) is 14.5 Å². The maximum Gasteiger partial charge on any atom is 0.284 e. The van der Waals surface area contributed by atoms with Gasteiger partial charge in [-0.3, -0.25) is 14.2 Å². The van der Waals surface area contributed by atoms with Gasteiger partial charge in [0.25, 0.3) is 11.5 Å². The third-order valence-corrected chi connectivity index (χ3v) is 4.51. The molecule has 2 aromatic heterocycles. The van der Waals surface area contributed by atoms with E-state index in [1.165, 1.54) is 10.9 Å². The van der Waals surface area contributed by atoms with Crippen molar-refractivity contribution in [2.45, 2.75) is 6.54 Å². The zero-order valence-electron chi connectivity index (χ0n) is 13.8. The number of aromatic hydroxyl groups is 1. The monoisotopic (exact) mass is 425 g/mol. The molecule has 0 saturated heterocycles. The zero-order chi connectivity index (χ0) is 19.0. The smallest absolute Gasteiger partial charge is 0.284 e. The first-order chi connectivity index (χ1) is 13.0. The normalized spacial score (nSPS) is 11.6. The van der Waals surface area contributed by atoms with Gasteiger partial charge in [-0.25, -0.2) is 4.98 Å². The predicted molar refractivity (Wildman–Crippen MR) is 103 cm³/mol. The molecule has 0 atom stereocenters. The summed E-state index contributed by atoms with van der Waals surface area (Å²) >= 11 is 3.31. The van der Waals surface area contributed by atoms with E-state index in [0.717, 1.165) is 4.47 Å². The number of para-hydroxylation sites is 1. The minimum absolute atomic E-state index is 0.173. The van der Waals surface area contributed by atoms with E-state index >= 15 is 0 Å². The molecule has 8 nitrogen and oxygen atoms in total. The van der Waals surface area contributed by atoms with Crippen LogP contribution in [-0.4, -0.2) is 25.5 Å². The van der Waals surface area contributed by atoms with Gasteiger partial charge in [0.1, 0.15) is 6.54 Å². The van der Waals surface area contributed by atoms with Crippen LogP contribution in [0.15, 0.2) is 68.3 Å². The first kappa shape index (κ1) is 17.1. The number of H-pyrrole nitrogens is 1. The zero-order valence-corrected chi connectivity index (χ0v) is 15.3. The van der Waals surface area contributed by atoms with Crippen molar-refractivity contribution >= 4 is 49.3 Å². The molecular weight excluding hydrogens is 414 g/mol. The van der Waals surface area contributed by atoms with Crippen LogP contribution in [0.2, 0.25) is 0 Å². The fourth-order valence-corrected chi connectivity index (χ4v) is 3.10. The Labute approximate surface area is 160 Å². The van der Waals surface area contributed by atoms with E-state index in [4.69, 9.17) is 0 Å². The fourth-order valence-electron chi connectivity index (χ4n) is 2.74. The van der Waals surface area contributed by atoms with Gasteiger partial charge in [0.2, 0.25) is 5.88 Å². The number of hydrogen-bond donors (Lipinski definition) is 2. The predicted octanol–water partition coefficient (Wildman–Crippen LogP) is 3.66. The highest BCUT2D eigenvalue weighted by molar-refractivity contribution is 9.10. The van der Waals surface area contributed by atoms with Crippen LogP contribution in [0.25, 0.3) is 21.8 Å². The molecule has 1 amide bonds. The van der Waals surface area contributed by atoms with E-state index in [-0.39, 0.29) is 23.7 Å². The van der Waals surface area contributed by atoms with Crippen molar-refractivity contribution in [3.05, 3.63) is 63.6 Å². The van der Waals surface area contributed by atoms with Gasteiger partial charge in [-0.05, 0) is 24.3 Å². The van der Waals surface area contributed by atoms with E-state index in [0.29, 0.717) is 21.8 Å². The molecule has 0 fully saturated rings. The van der Waals surface area contributed by atoms with E-state index in [9.17, 15) is 14.7 Å². The molecule has 4 rings (SSSR count). The SMILES string of the molecule is O=C(Cn1cnc2ccc(Br)cc2c1=O)N=Nc1c(O)[nH]c2ccccc12. The number of halogens is 1. The Bertz CT molecular complexity index is 1280. The Kier molecular flexibility index (Phi) is 4.28. The van der Waals surface area contributed by atoms with Gasteiger partial charge in [-0.1, -0.05) is 34.1 Å². The van der Waals surface area contributed by atoms with Crippen molar-refractivity contribution in [2.75, 3.05) is 0 Å². The lowest BCUT2D eigenvalue weighted by atomic mass is 10.2. The number of benzene rings is 2. The number of carbonyl (C=O) groups excluding carboxylic acids is 1. The Morgan fingerprint density at radius 3 is 2.89 bits per heavy atom. The second-order valence-electron chi connectivity index (χ2n) is 5.80. The van der Waals surface area contributed by atoms with Crippen LogP contribution in [0.4, 0.5) is 5.69 Å². The molecule has 0 spiro atoms. The first-order valence-electron chi connectivity index (χ1n) is 7.92. The van der Waals surface area contributed by atoms with Crippen LogP contribution in [0, 0.1) is 0 Å². The number of nitrogens with one attached hydrogen (secondary N) is 1. The van der Waals surface area contributed by atoms with Crippen molar-refractivity contribution in [3.8, 4) is 5.88 Å². The second-order valence-corrected chi connectivity index (χ2v) is 6.72. The molecule has 27 heavy (non-hydrogen) atoms. The molecule has 4 aromatic rings. The fraction of sp³-hybridized carbons (Fsp3) is 0.0556. The summed E-state index contributed by atoms with van der Waals surface area (Å²) in [5.41, 5.74) is 1.04. The molecule has 134 valence electrons. The van der Waals surface area contributed by atoms with E-state index < -0.39 is 5.91 Å². The molecule has 0 aliphatic rings. The number of azo groups is 1. The molecule has 0 bridgehead atoms. The average Bonchev–Trinajstić information content (AvgIpc) is 2.98. The van der Waals surface area contributed by atoms with Gasteiger partial charge in [-0.2, -0.15) is 0 Å². The largest absolute Gasteiger partial charge is 0.493 e. The quantitative estimate of drug-likeness (QED) is 0.487. The molecular formula is C18H12BrN5O3. The van der Waals surface area contributed by atoms with Crippen molar-refractivity contribution in [2.24, 2.45) is 10.2 Å². The van der Waals surface area contributed by atoms with Crippen LogP contribution < -0.4 is 5.56 Å². The Morgan fingerprint density at radius 1 is 1.22 bits per heavy atom. The lowest BCUT2D eigenvalue weighted by Crippen LogP contribution is -2.23. The number of hydrogen-bond acceptors (Lipinski definition) is 5. The van der Waals surface area contributed by atoms with Crippen LogP contribution >= 0.6 is 15.9 Å². The molecule has 0 aliphatic carbocycles. The van der Waals surface area contributed by atoms with Gasteiger partial charge in [0.05, 0.1) is 22.7 Å². The van der Waals surface area contributed by atoms with Crippen molar-refractivity contribution in [3.63, 3.8) is 0 Å². The standard InChI is InChI=1S/C18H12BrN5O3/c19-10-5-6-13-12(7-10)18(27)24(9-20-13)8-15(25)22-23-16-11-3-1-2-4-14(11)21-17(16)26/h1-7,9,21,26H,8H2. The van der Waals surface area contributed by atoms with Crippen molar-refractivity contribution in [1.29, 1.82) is 0 Å². The van der Waals surface area contributed by atoms with Gasteiger partial charge >= 0.3 is 0 Å². The van der Waals surface area contributed by atoms with Gasteiger partial charge in [0.15, 0.2) is 5.69 Å². The third kappa shape index (κ3) is 3.24. The number of carbonyl (C=O) groups is 1. The number of rotatable bonds is 3. The summed E-state index contributed by atoms with van der Waals surface area (Å²) in [6.07, 6.45) is 1.30. The number of fused-ring (bicyclic) bond motifs is 2. The molecule has 0 unspecified atom stereocenters. The van der Waals surface area contributed by atoms with Crippen LogP contribution in [-0.2, 0) is 11.3 Å². The van der Waals surface area contributed by atoms with Crippen LogP contribution in [0.1, 0.15) is 0 Å². The molecule has 2 N–H and O–H groups in total. The van der Waals surface area contributed by atoms with E-state index in [1.807, 2.05) is 6.07 Å². The highest BCUT2D eigenvalue weighted by Crippen LogP contribution is 2.35. The summed E-state index contributed by atoms with van der Waals surface area (Å²) in [5, 5.41) is 18.4. The number of aromatic nitrogens is 3. The molecule has 2 aromatic carbocycles. The van der Waals surface area contributed by atoms with Crippen LogP contribution in [0.3, 0.4) is 0 Å². The second kappa shape index (κ2) is 6.76. The van der Waals surface area contributed by atoms with Gasteiger partial charge in [0, 0.05) is 9.86 Å². The summed E-state index contributed by atoms with van der Waals surface area (Å²) in [4.78, 5) is 31.6. The summed E-state index contributed by atoms with van der Waals surface area (Å²) in [5.74, 6) is -0.819. The highest BCUT2D eigenvalue weighted by Gasteiger charge is 2.11. The Hall–Kier alpha value is -3.33. The molecule has 9 heteroatoms. The lowest BCUT2D eigenvalue weighted by molar-refractivity contribution is -0.118. The molecule has 2 heterocycles. The maximum absolute atomic E-state index is 12.5. The summed E-state index contributed by atoms with van der Waals surface area (Å²) in [6, 6.07) is 12.3. The summed E-state index contributed by atoms with van der Waals surface area (Å²) in [7, 11) is 0. The van der Waals surface area contributed by atoms with Crippen molar-refractivity contribution < 1.29 is 9.90 Å². The third-order valence-electron chi connectivity index (χ3n) is 4.01. The summed E-state index contributed by atoms with van der Waals surface area (Å²) in [6.45, 7) is -0.305. The summed E-state index contributed by atoms with van der Waals surface area (Å²) < 4.78 is 1.91. The van der Waals surface area contributed by atoms with Gasteiger partial charge in [-0.15, -0.1) is 10.2 Å². The lowest BCUT2D eigenvalue weighted by Gasteiger charge is -2.04. The minimum Gasteiger partial charge on any atom is -0.493 e. The Morgan fingerprint density at radius 2 is 2.04 bits per heavy atom. The first-order valence-corrected chi connectivity index (χ1v) is 8.71. The number of amides is 1. The average molecular weight is 426 g/mol. The van der Waals surface area contributed by atoms with Gasteiger partial charge < -0.3 is 10.1 Å². The minimum atomic E-state index is -0.641. The number of aromatic amines is 1. The Balaban J connectivity index is 1.62. The highest BCUT2D eigenvalue weighted by atomic mass is 79.9. The van der Waals surface area contributed by atoms with Crippen LogP contribution in [0.5, 0.6) is 5.88 Å². The molecule has 0 saturated carbocycles. The molecule has 0 radical (unpaired) electrons. The maximum atomic E-state index is 12.5. The topological polar surface area (TPSA) is 113 Å².